The van der Waals surface area contributed by atoms with Crippen LogP contribution in [-0.4, -0.2) is 10.9 Å². The Balaban J connectivity index is 2.14. The highest BCUT2D eigenvalue weighted by Gasteiger charge is 2.10. The number of carbonyl (C=O) groups is 1. The van der Waals surface area contributed by atoms with Gasteiger partial charge in [-0.25, -0.2) is 9.37 Å². The highest BCUT2D eigenvalue weighted by atomic mass is 79.9. The van der Waals surface area contributed by atoms with Crippen LogP contribution in [-0.2, 0) is 5.88 Å². The van der Waals surface area contributed by atoms with Gasteiger partial charge in [0, 0.05) is 10.9 Å². The third kappa shape index (κ3) is 3.07. The van der Waals surface area contributed by atoms with Crippen LogP contribution in [0.3, 0.4) is 0 Å². The summed E-state index contributed by atoms with van der Waals surface area (Å²) in [5.41, 5.74) is 1.06. The van der Waals surface area contributed by atoms with Crippen LogP contribution in [0.2, 0.25) is 0 Å². The first-order chi connectivity index (χ1) is 8.60. The molecule has 1 aromatic heterocycles. The second-order valence-electron chi connectivity index (χ2n) is 3.36. The van der Waals surface area contributed by atoms with Crippen molar-refractivity contribution in [1.82, 2.24) is 4.98 Å². The molecule has 0 aliphatic carbocycles. The number of carbonyl (C=O) groups excluding carboxylic acids is 1. The fraction of sp³-hybridized carbons (Fsp3) is 0.0909. The zero-order valence-corrected chi connectivity index (χ0v) is 12.1. The summed E-state index contributed by atoms with van der Waals surface area (Å²) in [6.07, 6.45) is 0. The molecule has 1 N–H and O–H groups in total. The molecule has 7 heteroatoms. The molecule has 18 heavy (non-hydrogen) atoms. The number of benzene rings is 1. The predicted octanol–water partition coefficient (Wildman–Crippen LogP) is 4.04. The second kappa shape index (κ2) is 5.77. The molecule has 2 rings (SSSR count). The molecule has 0 unspecified atom stereocenters. The van der Waals surface area contributed by atoms with Crippen molar-refractivity contribution in [3.63, 3.8) is 0 Å². The number of halogens is 3. The topological polar surface area (TPSA) is 42.0 Å². The average molecular weight is 350 g/mol. The Morgan fingerprint density at radius 3 is 2.94 bits per heavy atom. The number of rotatable bonds is 3. The van der Waals surface area contributed by atoms with Crippen LogP contribution in [0.1, 0.15) is 16.1 Å². The van der Waals surface area contributed by atoms with Crippen molar-refractivity contribution in [2.45, 2.75) is 5.88 Å². The maximum absolute atomic E-state index is 13.0. The van der Waals surface area contributed by atoms with E-state index in [-0.39, 0.29) is 10.4 Å². The summed E-state index contributed by atoms with van der Waals surface area (Å²) >= 11 is 9.94. The van der Waals surface area contributed by atoms with Crippen LogP contribution in [0.4, 0.5) is 9.52 Å². The lowest BCUT2D eigenvalue weighted by Gasteiger charge is -2.02. The Morgan fingerprint density at radius 2 is 2.33 bits per heavy atom. The largest absolute Gasteiger partial charge is 0.298 e. The number of hydrogen-bond donors (Lipinski definition) is 1. The number of nitrogens with zero attached hydrogens (tertiary/aromatic N) is 1. The molecule has 2 aromatic rings. The van der Waals surface area contributed by atoms with Gasteiger partial charge in [-0.3, -0.25) is 10.1 Å². The monoisotopic (exact) mass is 348 g/mol. The molecule has 0 spiro atoms. The Kier molecular flexibility index (Phi) is 4.31. The zero-order valence-electron chi connectivity index (χ0n) is 8.91. The molecule has 94 valence electrons. The summed E-state index contributed by atoms with van der Waals surface area (Å²) in [5, 5.41) is 4.86. The van der Waals surface area contributed by atoms with Crippen molar-refractivity contribution in [3.05, 3.63) is 45.1 Å². The summed E-state index contributed by atoms with van der Waals surface area (Å²) in [5.74, 6) is -0.453. The lowest BCUT2D eigenvalue weighted by atomic mass is 10.2. The lowest BCUT2D eigenvalue weighted by molar-refractivity contribution is 0.102. The summed E-state index contributed by atoms with van der Waals surface area (Å²) < 4.78 is 13.3. The van der Waals surface area contributed by atoms with Crippen molar-refractivity contribution in [3.8, 4) is 0 Å². The number of aromatic nitrogens is 1. The molecule has 0 saturated heterocycles. The third-order valence-corrected chi connectivity index (χ3v) is 3.78. The van der Waals surface area contributed by atoms with E-state index in [9.17, 15) is 9.18 Å². The van der Waals surface area contributed by atoms with E-state index >= 15 is 0 Å². The fourth-order valence-corrected chi connectivity index (χ4v) is 2.54. The molecule has 0 radical (unpaired) electrons. The Hall–Kier alpha value is -0.980. The van der Waals surface area contributed by atoms with Crippen LogP contribution in [0, 0.1) is 5.82 Å². The second-order valence-corrected chi connectivity index (χ2v) is 5.34. The van der Waals surface area contributed by atoms with Crippen molar-refractivity contribution in [1.29, 1.82) is 0 Å². The zero-order chi connectivity index (χ0) is 13.1. The minimum absolute atomic E-state index is 0.246. The van der Waals surface area contributed by atoms with E-state index in [1.54, 1.807) is 5.38 Å². The number of thiazole rings is 1. The van der Waals surface area contributed by atoms with Gasteiger partial charge < -0.3 is 0 Å². The van der Waals surface area contributed by atoms with Gasteiger partial charge in [0.1, 0.15) is 5.82 Å². The molecule has 0 atom stereocenters. The van der Waals surface area contributed by atoms with Gasteiger partial charge in [0.15, 0.2) is 5.13 Å². The van der Waals surface area contributed by atoms with Gasteiger partial charge >= 0.3 is 0 Å². The molecule has 1 aromatic carbocycles. The number of anilines is 1. The van der Waals surface area contributed by atoms with Gasteiger partial charge in [0.25, 0.3) is 5.91 Å². The summed E-state index contributed by atoms with van der Waals surface area (Å²) in [4.78, 5) is 16.0. The molecule has 1 heterocycles. The van der Waals surface area contributed by atoms with Crippen LogP contribution in [0.5, 0.6) is 0 Å². The minimum Gasteiger partial charge on any atom is -0.298 e. The molecule has 3 nitrogen and oxygen atoms in total. The Labute approximate surface area is 120 Å². The third-order valence-electron chi connectivity index (χ3n) is 2.09. The smallest absolute Gasteiger partial charge is 0.257 e. The van der Waals surface area contributed by atoms with Gasteiger partial charge in [0.2, 0.25) is 0 Å². The van der Waals surface area contributed by atoms with Crippen molar-refractivity contribution < 1.29 is 9.18 Å². The molecule has 0 fully saturated rings. The summed E-state index contributed by atoms with van der Waals surface area (Å²) in [7, 11) is 0. The van der Waals surface area contributed by atoms with E-state index in [2.05, 4.69) is 26.2 Å². The molecule has 0 aliphatic rings. The molecule has 0 saturated carbocycles. The van der Waals surface area contributed by atoms with Crippen molar-refractivity contribution in [2.75, 3.05) is 5.32 Å². The van der Waals surface area contributed by atoms with E-state index in [0.717, 1.165) is 0 Å². The van der Waals surface area contributed by atoms with E-state index in [1.165, 1.54) is 29.5 Å². The van der Waals surface area contributed by atoms with Gasteiger partial charge in [-0.1, -0.05) is 0 Å². The fourth-order valence-electron chi connectivity index (χ4n) is 1.23. The number of hydrogen-bond acceptors (Lipinski definition) is 3. The first-order valence-electron chi connectivity index (χ1n) is 4.87. The van der Waals surface area contributed by atoms with E-state index in [1.807, 2.05) is 0 Å². The van der Waals surface area contributed by atoms with Gasteiger partial charge in [-0.15, -0.1) is 22.9 Å². The summed E-state index contributed by atoms with van der Waals surface area (Å²) in [6, 6.07) is 4.05. The van der Waals surface area contributed by atoms with Crippen molar-refractivity contribution >= 4 is 49.9 Å². The highest BCUT2D eigenvalue weighted by molar-refractivity contribution is 9.10. The maximum Gasteiger partial charge on any atom is 0.257 e. The molecule has 0 aliphatic heterocycles. The molecular weight excluding hydrogens is 343 g/mol. The van der Waals surface area contributed by atoms with Gasteiger partial charge in [-0.2, -0.15) is 0 Å². The number of nitrogens with one attached hydrogen (secondary N) is 1. The van der Waals surface area contributed by atoms with Gasteiger partial charge in [0.05, 0.1) is 16.0 Å². The van der Waals surface area contributed by atoms with E-state index < -0.39 is 5.82 Å². The van der Waals surface area contributed by atoms with Crippen LogP contribution < -0.4 is 5.32 Å². The van der Waals surface area contributed by atoms with E-state index in [4.69, 9.17) is 11.6 Å². The number of alkyl halides is 1. The maximum atomic E-state index is 13.0. The number of amides is 1. The molecule has 1 amide bonds. The first-order valence-corrected chi connectivity index (χ1v) is 7.07. The Bertz CT molecular complexity index is 590. The molecular formula is C11H7BrClFN2OS. The van der Waals surface area contributed by atoms with Crippen molar-refractivity contribution in [2.24, 2.45) is 0 Å². The predicted molar refractivity (Wildman–Crippen MR) is 73.7 cm³/mol. The van der Waals surface area contributed by atoms with Crippen LogP contribution in [0.25, 0.3) is 0 Å². The highest BCUT2D eigenvalue weighted by Crippen LogP contribution is 2.20. The standard InChI is InChI=1S/C11H7BrClFN2OS/c12-8-3-6(1-2-9(8)14)10(17)16-11-15-7(4-13)5-18-11/h1-3,5H,4H2,(H,15,16,17). The SMILES string of the molecule is O=C(Nc1nc(CCl)cs1)c1ccc(F)c(Br)c1. The van der Waals surface area contributed by atoms with Crippen LogP contribution >= 0.6 is 38.9 Å². The lowest BCUT2D eigenvalue weighted by Crippen LogP contribution is -2.11. The quantitative estimate of drug-likeness (QED) is 0.850. The van der Waals surface area contributed by atoms with Gasteiger partial charge in [-0.05, 0) is 34.1 Å². The molecule has 0 bridgehead atoms. The normalized spacial score (nSPS) is 10.4. The van der Waals surface area contributed by atoms with E-state index in [0.29, 0.717) is 22.3 Å². The van der Waals surface area contributed by atoms with Crippen LogP contribution in [0.15, 0.2) is 28.1 Å². The Morgan fingerprint density at radius 1 is 1.56 bits per heavy atom. The minimum atomic E-state index is -0.412. The average Bonchev–Trinajstić information content (AvgIpc) is 2.80. The first kappa shape index (κ1) is 13.5. The summed E-state index contributed by atoms with van der Waals surface area (Å²) in [6.45, 7) is 0.